The van der Waals surface area contributed by atoms with E-state index in [0.29, 0.717) is 0 Å². The number of H-pyrrole nitrogens is 1. The summed E-state index contributed by atoms with van der Waals surface area (Å²) in [6.07, 6.45) is 0. The smallest absolute Gasteiger partial charge is 0.0544 e. The van der Waals surface area contributed by atoms with E-state index in [0.717, 1.165) is 10.9 Å². The molecule has 0 bridgehead atoms. The molecule has 1 heteroatoms. The molecule has 1 heterocycles. The van der Waals surface area contributed by atoms with Gasteiger partial charge < -0.3 is 4.98 Å². The van der Waals surface area contributed by atoms with Crippen molar-refractivity contribution in [2.45, 2.75) is 0 Å². The predicted octanol–water partition coefficient (Wildman–Crippen LogP) is 5.94. The monoisotopic (exact) mass is 292 g/mol. The number of nitrogens with one attached hydrogen (secondary N) is 1. The maximum absolute atomic E-state index is 3.57. The van der Waals surface area contributed by atoms with Crippen LogP contribution in [0.15, 0.2) is 78.9 Å². The lowest BCUT2D eigenvalue weighted by Crippen LogP contribution is -1.82. The van der Waals surface area contributed by atoms with Gasteiger partial charge in [0.2, 0.25) is 0 Å². The van der Waals surface area contributed by atoms with Crippen molar-refractivity contribution in [2.75, 3.05) is 0 Å². The summed E-state index contributed by atoms with van der Waals surface area (Å²) in [6.45, 7) is 0. The number of rotatable bonds is 1. The summed E-state index contributed by atoms with van der Waals surface area (Å²) in [7, 11) is 0. The Morgan fingerprint density at radius 1 is 0.652 bits per heavy atom. The molecule has 5 aromatic rings. The summed E-state index contributed by atoms with van der Waals surface area (Å²) in [5.41, 5.74) is 4.68. The van der Waals surface area contributed by atoms with Crippen LogP contribution in [0.4, 0.5) is 0 Å². The number of benzene rings is 4. The molecule has 107 valence electrons. The first-order valence-corrected chi connectivity index (χ1v) is 7.81. The normalized spacial score (nSPS) is 11.5. The predicted molar refractivity (Wildman–Crippen MR) is 97.6 cm³/mol. The standard InChI is InChI=1S/C22H14N/c1-2-7-16-14-17(13-12-15(16)6-1)18-9-5-10-20-19-8-3-4-11-21(19)23-22(18)20/h1-13,23H. The third kappa shape index (κ3) is 1.87. The molecule has 1 aromatic heterocycles. The van der Waals surface area contributed by atoms with Crippen molar-refractivity contribution in [3.63, 3.8) is 0 Å². The van der Waals surface area contributed by atoms with E-state index in [1.54, 1.807) is 0 Å². The second-order valence-electron chi connectivity index (χ2n) is 5.86. The lowest BCUT2D eigenvalue weighted by atomic mass is 9.99. The van der Waals surface area contributed by atoms with Gasteiger partial charge in [-0.3, -0.25) is 0 Å². The van der Waals surface area contributed by atoms with Gasteiger partial charge in [0.15, 0.2) is 0 Å². The van der Waals surface area contributed by atoms with Crippen molar-refractivity contribution < 1.29 is 0 Å². The first-order valence-electron chi connectivity index (χ1n) is 7.81. The maximum Gasteiger partial charge on any atom is 0.0544 e. The zero-order chi connectivity index (χ0) is 15.2. The molecule has 1 nitrogen and oxygen atoms in total. The average Bonchev–Trinajstić information content (AvgIpc) is 3.00. The van der Waals surface area contributed by atoms with Gasteiger partial charge in [-0.15, -0.1) is 0 Å². The van der Waals surface area contributed by atoms with E-state index in [2.05, 4.69) is 89.9 Å². The first-order chi connectivity index (χ1) is 11.4. The van der Waals surface area contributed by atoms with Crippen LogP contribution in [0.3, 0.4) is 0 Å². The van der Waals surface area contributed by atoms with Crippen LogP contribution in [-0.2, 0) is 0 Å². The molecule has 0 aliphatic heterocycles. The van der Waals surface area contributed by atoms with Crippen LogP contribution in [0, 0.1) is 6.07 Å². The van der Waals surface area contributed by atoms with E-state index in [-0.39, 0.29) is 0 Å². The number of aromatic amines is 1. The second kappa shape index (κ2) is 4.72. The van der Waals surface area contributed by atoms with Crippen molar-refractivity contribution in [1.29, 1.82) is 0 Å². The quantitative estimate of drug-likeness (QED) is 0.393. The summed E-state index contributed by atoms with van der Waals surface area (Å²) < 4.78 is 0. The highest BCUT2D eigenvalue weighted by molar-refractivity contribution is 6.12. The van der Waals surface area contributed by atoms with Crippen molar-refractivity contribution in [3.05, 3.63) is 84.9 Å². The number of fused-ring (bicyclic) bond motifs is 4. The fourth-order valence-electron chi connectivity index (χ4n) is 3.37. The molecule has 0 fully saturated rings. The zero-order valence-corrected chi connectivity index (χ0v) is 12.5. The van der Waals surface area contributed by atoms with Gasteiger partial charge in [-0.1, -0.05) is 72.8 Å². The molecule has 0 spiro atoms. The minimum atomic E-state index is 1.13. The van der Waals surface area contributed by atoms with E-state index < -0.39 is 0 Å². The van der Waals surface area contributed by atoms with Crippen LogP contribution in [0.1, 0.15) is 0 Å². The van der Waals surface area contributed by atoms with Crippen molar-refractivity contribution in [3.8, 4) is 11.1 Å². The van der Waals surface area contributed by atoms with Crippen molar-refractivity contribution >= 4 is 32.6 Å². The van der Waals surface area contributed by atoms with Gasteiger partial charge in [0.1, 0.15) is 0 Å². The minimum Gasteiger partial charge on any atom is -0.354 e. The van der Waals surface area contributed by atoms with Crippen molar-refractivity contribution in [1.82, 2.24) is 4.98 Å². The van der Waals surface area contributed by atoms with Gasteiger partial charge in [-0.25, -0.2) is 0 Å². The summed E-state index contributed by atoms with van der Waals surface area (Å²) in [5.74, 6) is 0. The maximum atomic E-state index is 3.57. The third-order valence-corrected chi connectivity index (χ3v) is 4.49. The highest BCUT2D eigenvalue weighted by atomic mass is 14.7. The molecule has 1 radical (unpaired) electrons. The van der Waals surface area contributed by atoms with E-state index in [1.807, 2.05) is 0 Å². The lowest BCUT2D eigenvalue weighted by Gasteiger charge is -2.05. The summed E-state index contributed by atoms with van der Waals surface area (Å²) in [6, 6.07) is 31.2. The SMILES string of the molecule is [c]1c(-c2cccc3c2[nH]c2ccccc23)ccc2ccccc12. The van der Waals surface area contributed by atoms with E-state index in [4.69, 9.17) is 0 Å². The molecule has 0 saturated carbocycles. The molecule has 23 heavy (non-hydrogen) atoms. The van der Waals surface area contributed by atoms with Crippen molar-refractivity contribution in [2.24, 2.45) is 0 Å². The average molecular weight is 292 g/mol. The van der Waals surface area contributed by atoms with E-state index in [1.165, 1.54) is 32.8 Å². The second-order valence-corrected chi connectivity index (χ2v) is 5.86. The molecule has 5 rings (SSSR count). The van der Waals surface area contributed by atoms with E-state index >= 15 is 0 Å². The summed E-state index contributed by atoms with van der Waals surface area (Å²) >= 11 is 0. The number of aromatic nitrogens is 1. The fourth-order valence-corrected chi connectivity index (χ4v) is 3.37. The Hall–Kier alpha value is -3.06. The Bertz CT molecular complexity index is 1160. The molecule has 0 aliphatic rings. The Morgan fingerprint density at radius 3 is 2.48 bits per heavy atom. The molecule has 0 amide bonds. The summed E-state index contributed by atoms with van der Waals surface area (Å²) in [4.78, 5) is 3.57. The van der Waals surface area contributed by atoms with Gasteiger partial charge in [0, 0.05) is 21.9 Å². The van der Waals surface area contributed by atoms with E-state index in [9.17, 15) is 0 Å². The molecule has 0 aliphatic carbocycles. The van der Waals surface area contributed by atoms with Crippen LogP contribution in [-0.4, -0.2) is 4.98 Å². The van der Waals surface area contributed by atoms with Crippen LogP contribution in [0.2, 0.25) is 0 Å². The molecule has 0 unspecified atom stereocenters. The molecular weight excluding hydrogens is 278 g/mol. The Morgan fingerprint density at radius 2 is 1.48 bits per heavy atom. The fraction of sp³-hybridized carbons (Fsp3) is 0. The number of hydrogen-bond acceptors (Lipinski definition) is 0. The topological polar surface area (TPSA) is 15.8 Å². The molecule has 0 atom stereocenters. The summed E-state index contributed by atoms with van der Waals surface area (Å²) in [5, 5.41) is 4.91. The molecule has 1 N–H and O–H groups in total. The highest BCUT2D eigenvalue weighted by Crippen LogP contribution is 2.33. The van der Waals surface area contributed by atoms with Gasteiger partial charge in [-0.05, 0) is 28.5 Å². The van der Waals surface area contributed by atoms with Crippen LogP contribution < -0.4 is 0 Å². The van der Waals surface area contributed by atoms with Crippen LogP contribution in [0.25, 0.3) is 43.7 Å². The lowest BCUT2D eigenvalue weighted by molar-refractivity contribution is 1.54. The highest BCUT2D eigenvalue weighted by Gasteiger charge is 2.09. The van der Waals surface area contributed by atoms with Gasteiger partial charge in [-0.2, -0.15) is 0 Å². The molecular formula is C22H14N. The van der Waals surface area contributed by atoms with Gasteiger partial charge >= 0.3 is 0 Å². The number of hydrogen-bond donors (Lipinski definition) is 1. The zero-order valence-electron chi connectivity index (χ0n) is 12.5. The molecule has 4 aromatic carbocycles. The Labute approximate surface area is 134 Å². The number of para-hydroxylation sites is 2. The first kappa shape index (κ1) is 12.5. The van der Waals surface area contributed by atoms with Crippen LogP contribution >= 0.6 is 0 Å². The van der Waals surface area contributed by atoms with Gasteiger partial charge in [0.25, 0.3) is 0 Å². The third-order valence-electron chi connectivity index (χ3n) is 4.49. The largest absolute Gasteiger partial charge is 0.354 e. The Balaban J connectivity index is 1.84. The Kier molecular flexibility index (Phi) is 2.56. The van der Waals surface area contributed by atoms with Gasteiger partial charge in [0.05, 0.1) is 5.52 Å². The minimum absolute atomic E-state index is 1.13. The van der Waals surface area contributed by atoms with Crippen LogP contribution in [0.5, 0.6) is 0 Å². The molecule has 0 saturated heterocycles.